The Labute approximate surface area is 96.3 Å². The summed E-state index contributed by atoms with van der Waals surface area (Å²) in [5, 5.41) is 2.99. The van der Waals surface area contributed by atoms with Crippen molar-refractivity contribution in [2.45, 2.75) is 4.90 Å². The van der Waals surface area contributed by atoms with Crippen LogP contribution >= 0.6 is 0 Å². The van der Waals surface area contributed by atoms with Gasteiger partial charge in [0.05, 0.1) is 5.69 Å². The predicted molar refractivity (Wildman–Crippen MR) is 64.9 cm³/mol. The summed E-state index contributed by atoms with van der Waals surface area (Å²) in [6.45, 7) is 0.996. The Morgan fingerprint density at radius 1 is 1.31 bits per heavy atom. The van der Waals surface area contributed by atoms with Crippen molar-refractivity contribution in [1.82, 2.24) is 4.31 Å². The van der Waals surface area contributed by atoms with Crippen molar-refractivity contribution in [3.8, 4) is 0 Å². The third-order valence-corrected chi connectivity index (χ3v) is 3.98. The highest BCUT2D eigenvalue weighted by Gasteiger charge is 2.20. The Morgan fingerprint density at radius 2 is 1.94 bits per heavy atom. The summed E-state index contributed by atoms with van der Waals surface area (Å²) in [6.07, 6.45) is 0. The van der Waals surface area contributed by atoms with E-state index in [9.17, 15) is 8.42 Å². The highest BCUT2D eigenvalue weighted by Crippen LogP contribution is 2.22. The molecule has 0 aliphatic carbocycles. The Morgan fingerprint density at radius 3 is 2.50 bits per heavy atom. The van der Waals surface area contributed by atoms with Crippen LogP contribution in [0, 0.1) is 0 Å². The normalized spacial score (nSPS) is 11.8. The van der Waals surface area contributed by atoms with Gasteiger partial charge in [-0.05, 0) is 12.1 Å². The smallest absolute Gasteiger partial charge is 0.244 e. The maximum absolute atomic E-state index is 12.0. The second-order valence-corrected chi connectivity index (χ2v) is 5.62. The van der Waals surface area contributed by atoms with Gasteiger partial charge in [0.2, 0.25) is 10.0 Å². The molecule has 0 atom stereocenters. The van der Waals surface area contributed by atoms with Crippen molar-refractivity contribution in [3.63, 3.8) is 0 Å². The molecule has 6 heteroatoms. The zero-order chi connectivity index (χ0) is 12.2. The van der Waals surface area contributed by atoms with Gasteiger partial charge in [0.25, 0.3) is 0 Å². The van der Waals surface area contributed by atoms with Crippen LogP contribution in [-0.2, 0) is 10.0 Å². The minimum absolute atomic E-state index is 0.272. The van der Waals surface area contributed by atoms with Crippen LogP contribution in [0.1, 0.15) is 0 Å². The molecule has 1 aromatic rings. The zero-order valence-corrected chi connectivity index (χ0v) is 10.3. The molecule has 0 fully saturated rings. The van der Waals surface area contributed by atoms with Gasteiger partial charge in [-0.2, -0.15) is 0 Å². The van der Waals surface area contributed by atoms with Gasteiger partial charge in [0, 0.05) is 27.2 Å². The minimum Gasteiger partial charge on any atom is -0.383 e. The second kappa shape index (κ2) is 5.29. The van der Waals surface area contributed by atoms with Gasteiger partial charge in [-0.3, -0.25) is 0 Å². The van der Waals surface area contributed by atoms with Crippen LogP contribution < -0.4 is 11.1 Å². The Balaban J connectivity index is 3.13. The molecular weight excluding hydrogens is 226 g/mol. The molecule has 90 valence electrons. The summed E-state index contributed by atoms with van der Waals surface area (Å²) >= 11 is 0. The summed E-state index contributed by atoms with van der Waals surface area (Å²) in [6, 6.07) is 6.79. The quantitative estimate of drug-likeness (QED) is 0.780. The standard InChI is InChI=1S/C10H17N3O2S/c1-13(2)16(14,15)10-6-4-3-5-9(10)12-8-7-11/h3-6,12H,7-8,11H2,1-2H3. The number of hydrogen-bond donors (Lipinski definition) is 2. The molecule has 0 amide bonds. The number of anilines is 1. The molecule has 0 saturated heterocycles. The molecule has 0 bridgehead atoms. The lowest BCUT2D eigenvalue weighted by atomic mass is 10.3. The van der Waals surface area contributed by atoms with Gasteiger partial charge >= 0.3 is 0 Å². The third kappa shape index (κ3) is 2.72. The van der Waals surface area contributed by atoms with Gasteiger partial charge in [-0.25, -0.2) is 12.7 Å². The molecule has 16 heavy (non-hydrogen) atoms. The van der Waals surface area contributed by atoms with Crippen LogP contribution in [0.3, 0.4) is 0 Å². The molecule has 5 nitrogen and oxygen atoms in total. The molecule has 0 saturated carbocycles. The molecule has 1 aromatic carbocycles. The summed E-state index contributed by atoms with van der Waals surface area (Å²) < 4.78 is 25.1. The number of rotatable bonds is 5. The number of nitrogens with zero attached hydrogens (tertiary/aromatic N) is 1. The molecule has 0 aromatic heterocycles. The molecule has 0 unspecified atom stereocenters. The molecule has 0 aliphatic rings. The van der Waals surface area contributed by atoms with E-state index in [1.807, 2.05) is 0 Å². The zero-order valence-electron chi connectivity index (χ0n) is 9.47. The maximum Gasteiger partial charge on any atom is 0.244 e. The first-order chi connectivity index (χ1) is 7.50. The van der Waals surface area contributed by atoms with Crippen molar-refractivity contribution >= 4 is 15.7 Å². The monoisotopic (exact) mass is 243 g/mol. The van der Waals surface area contributed by atoms with Gasteiger partial charge in [-0.15, -0.1) is 0 Å². The van der Waals surface area contributed by atoms with Gasteiger partial charge in [0.1, 0.15) is 4.90 Å². The third-order valence-electron chi connectivity index (χ3n) is 2.11. The molecule has 3 N–H and O–H groups in total. The lowest BCUT2D eigenvalue weighted by Crippen LogP contribution is -2.24. The summed E-state index contributed by atoms with van der Waals surface area (Å²) in [7, 11) is -0.390. The second-order valence-electron chi connectivity index (χ2n) is 3.50. The Kier molecular flexibility index (Phi) is 4.28. The molecule has 0 aliphatic heterocycles. The van der Waals surface area contributed by atoms with E-state index in [1.165, 1.54) is 18.4 Å². The van der Waals surface area contributed by atoms with Gasteiger partial charge in [0.15, 0.2) is 0 Å². The Hall–Kier alpha value is -1.11. The highest BCUT2D eigenvalue weighted by molar-refractivity contribution is 7.89. The lowest BCUT2D eigenvalue weighted by molar-refractivity contribution is 0.521. The topological polar surface area (TPSA) is 75.4 Å². The van der Waals surface area contributed by atoms with Crippen LogP contribution in [0.25, 0.3) is 0 Å². The summed E-state index contributed by atoms with van der Waals surface area (Å²) in [4.78, 5) is 0.272. The average Bonchev–Trinajstić information content (AvgIpc) is 2.26. The summed E-state index contributed by atoms with van der Waals surface area (Å²) in [5.41, 5.74) is 5.96. The SMILES string of the molecule is CN(C)S(=O)(=O)c1ccccc1NCCN. The molecular formula is C10H17N3O2S. The first-order valence-corrected chi connectivity index (χ1v) is 6.39. The Bertz CT molecular complexity index is 443. The average molecular weight is 243 g/mol. The minimum atomic E-state index is -3.41. The number of nitrogens with one attached hydrogen (secondary N) is 1. The van der Waals surface area contributed by atoms with Crippen molar-refractivity contribution in [1.29, 1.82) is 0 Å². The van der Waals surface area contributed by atoms with Crippen LogP contribution in [0.4, 0.5) is 5.69 Å². The van der Waals surface area contributed by atoms with Crippen LogP contribution in [0.2, 0.25) is 0 Å². The van der Waals surface area contributed by atoms with Crippen LogP contribution in [0.5, 0.6) is 0 Å². The van der Waals surface area contributed by atoms with Gasteiger partial charge < -0.3 is 11.1 Å². The number of sulfonamides is 1. The van der Waals surface area contributed by atoms with E-state index >= 15 is 0 Å². The van der Waals surface area contributed by atoms with E-state index in [2.05, 4.69) is 5.32 Å². The number of nitrogens with two attached hydrogens (primary N) is 1. The van der Waals surface area contributed by atoms with Crippen LogP contribution in [-0.4, -0.2) is 39.9 Å². The molecule has 0 radical (unpaired) electrons. The molecule has 0 heterocycles. The fraction of sp³-hybridized carbons (Fsp3) is 0.400. The molecule has 1 rings (SSSR count). The van der Waals surface area contributed by atoms with E-state index in [0.717, 1.165) is 0 Å². The number of benzene rings is 1. The van der Waals surface area contributed by atoms with E-state index in [-0.39, 0.29) is 4.90 Å². The summed E-state index contributed by atoms with van der Waals surface area (Å²) in [5.74, 6) is 0. The predicted octanol–water partition coefficient (Wildman–Crippen LogP) is 0.308. The van der Waals surface area contributed by atoms with Crippen molar-refractivity contribution in [3.05, 3.63) is 24.3 Å². The van der Waals surface area contributed by atoms with Crippen LogP contribution in [0.15, 0.2) is 29.2 Å². The van der Waals surface area contributed by atoms with Crippen molar-refractivity contribution in [2.24, 2.45) is 5.73 Å². The van der Waals surface area contributed by atoms with Crippen molar-refractivity contribution in [2.75, 3.05) is 32.5 Å². The number of hydrogen-bond acceptors (Lipinski definition) is 4. The van der Waals surface area contributed by atoms with E-state index < -0.39 is 10.0 Å². The maximum atomic E-state index is 12.0. The fourth-order valence-electron chi connectivity index (χ4n) is 1.24. The van der Waals surface area contributed by atoms with E-state index in [0.29, 0.717) is 18.8 Å². The van der Waals surface area contributed by atoms with Gasteiger partial charge in [-0.1, -0.05) is 12.1 Å². The number of para-hydroxylation sites is 1. The molecule has 0 spiro atoms. The lowest BCUT2D eigenvalue weighted by Gasteiger charge is -2.15. The first-order valence-electron chi connectivity index (χ1n) is 4.95. The van der Waals surface area contributed by atoms with E-state index in [4.69, 9.17) is 5.73 Å². The highest BCUT2D eigenvalue weighted by atomic mass is 32.2. The first kappa shape index (κ1) is 13.0. The fourth-order valence-corrected chi connectivity index (χ4v) is 2.30. The van der Waals surface area contributed by atoms with Crippen molar-refractivity contribution < 1.29 is 8.42 Å². The largest absolute Gasteiger partial charge is 0.383 e. The van der Waals surface area contributed by atoms with E-state index in [1.54, 1.807) is 24.3 Å².